The van der Waals surface area contributed by atoms with Crippen molar-refractivity contribution in [3.05, 3.63) is 23.8 Å². The summed E-state index contributed by atoms with van der Waals surface area (Å²) >= 11 is 0. The van der Waals surface area contributed by atoms with E-state index < -0.39 is 0 Å². The molecule has 0 aromatic heterocycles. The van der Waals surface area contributed by atoms with E-state index in [1.54, 1.807) is 18.2 Å². The third-order valence-corrected chi connectivity index (χ3v) is 3.02. The molecule has 4 nitrogen and oxygen atoms in total. The van der Waals surface area contributed by atoms with Gasteiger partial charge in [-0.2, -0.15) is 0 Å². The summed E-state index contributed by atoms with van der Waals surface area (Å²) in [4.78, 5) is 11.9. The van der Waals surface area contributed by atoms with Crippen LogP contribution in [0.25, 0.3) is 0 Å². The third-order valence-electron chi connectivity index (χ3n) is 3.02. The lowest BCUT2D eigenvalue weighted by Gasteiger charge is -2.13. The lowest BCUT2D eigenvalue weighted by molar-refractivity contribution is 0.0939. The second-order valence-corrected chi connectivity index (χ2v) is 4.74. The minimum atomic E-state index is -0.0961. The van der Waals surface area contributed by atoms with Gasteiger partial charge in [-0.05, 0) is 38.0 Å². The average molecular weight is 264 g/mol. The minimum absolute atomic E-state index is 0.0961. The van der Waals surface area contributed by atoms with Gasteiger partial charge in [-0.15, -0.1) is 0 Å². The molecule has 0 aliphatic heterocycles. The van der Waals surface area contributed by atoms with E-state index in [4.69, 9.17) is 10.5 Å². The monoisotopic (exact) mass is 264 g/mol. The van der Waals surface area contributed by atoms with E-state index in [1.165, 1.54) is 0 Å². The van der Waals surface area contributed by atoms with Crippen LogP contribution in [0.1, 0.15) is 50.4 Å². The van der Waals surface area contributed by atoms with Crippen LogP contribution in [0, 0.1) is 0 Å². The van der Waals surface area contributed by atoms with Gasteiger partial charge in [-0.3, -0.25) is 4.79 Å². The summed E-state index contributed by atoms with van der Waals surface area (Å²) in [6.07, 6.45) is 2.98. The van der Waals surface area contributed by atoms with Gasteiger partial charge in [0, 0.05) is 11.6 Å². The maximum absolute atomic E-state index is 11.9. The fraction of sp³-hybridized carbons (Fsp3) is 0.533. The number of nitrogens with one attached hydrogen (secondary N) is 1. The number of rotatable bonds is 7. The second kappa shape index (κ2) is 7.67. The Bertz CT molecular complexity index is 419. The van der Waals surface area contributed by atoms with E-state index in [9.17, 15) is 4.79 Å². The van der Waals surface area contributed by atoms with E-state index >= 15 is 0 Å². The van der Waals surface area contributed by atoms with Crippen LogP contribution in [0.4, 0.5) is 5.69 Å². The van der Waals surface area contributed by atoms with Crippen LogP contribution in [0.5, 0.6) is 5.75 Å². The predicted octanol–water partition coefficient (Wildman–Crippen LogP) is 2.98. The molecular formula is C15H24N2O2. The van der Waals surface area contributed by atoms with Crippen molar-refractivity contribution in [2.75, 3.05) is 12.3 Å². The molecule has 1 aromatic carbocycles. The summed E-state index contributed by atoms with van der Waals surface area (Å²) in [6, 6.07) is 5.33. The number of unbranched alkanes of at least 4 members (excludes halogenated alkanes) is 1. The van der Waals surface area contributed by atoms with Gasteiger partial charge < -0.3 is 15.8 Å². The lowest BCUT2D eigenvalue weighted by atomic mass is 10.1. The van der Waals surface area contributed by atoms with Crippen molar-refractivity contribution in [2.24, 2.45) is 0 Å². The third kappa shape index (κ3) is 4.81. The first kappa shape index (κ1) is 15.3. The van der Waals surface area contributed by atoms with Gasteiger partial charge in [0.2, 0.25) is 0 Å². The highest BCUT2D eigenvalue weighted by Gasteiger charge is 2.10. The predicted molar refractivity (Wildman–Crippen MR) is 78.5 cm³/mol. The first-order valence-corrected chi connectivity index (χ1v) is 6.91. The molecule has 1 aromatic rings. The Balaban J connectivity index is 2.67. The molecule has 0 heterocycles. The molecule has 3 N–H and O–H groups in total. The van der Waals surface area contributed by atoms with E-state index in [0.717, 1.165) is 19.3 Å². The number of nitrogen functional groups attached to an aromatic ring is 1. The van der Waals surface area contributed by atoms with Crippen LogP contribution in [-0.4, -0.2) is 18.6 Å². The highest BCUT2D eigenvalue weighted by Crippen LogP contribution is 2.22. The maximum atomic E-state index is 11.9. The van der Waals surface area contributed by atoms with E-state index in [-0.39, 0.29) is 11.9 Å². The number of hydrogen-bond donors (Lipinski definition) is 2. The maximum Gasteiger partial charge on any atom is 0.251 e. The molecule has 0 fully saturated rings. The lowest BCUT2D eigenvalue weighted by Crippen LogP contribution is -2.31. The molecule has 4 heteroatoms. The highest BCUT2D eigenvalue weighted by atomic mass is 16.5. The molecule has 19 heavy (non-hydrogen) atoms. The smallest absolute Gasteiger partial charge is 0.251 e. The SMILES string of the molecule is CCCCOc1ccc(C(=O)NC(C)CC)cc1N. The molecule has 1 atom stereocenters. The molecule has 0 aliphatic carbocycles. The number of ether oxygens (including phenoxy) is 1. The van der Waals surface area contributed by atoms with Gasteiger partial charge in [0.1, 0.15) is 5.75 Å². The molecule has 0 bridgehead atoms. The van der Waals surface area contributed by atoms with E-state index in [1.807, 2.05) is 13.8 Å². The normalized spacial score (nSPS) is 11.9. The van der Waals surface area contributed by atoms with Crippen molar-refractivity contribution in [1.82, 2.24) is 5.32 Å². The summed E-state index contributed by atoms with van der Waals surface area (Å²) in [5.74, 6) is 0.551. The van der Waals surface area contributed by atoms with Crippen LogP contribution in [0.2, 0.25) is 0 Å². The summed E-state index contributed by atoms with van der Waals surface area (Å²) in [6.45, 7) is 6.77. The summed E-state index contributed by atoms with van der Waals surface area (Å²) in [7, 11) is 0. The molecule has 0 aliphatic rings. The number of carbonyl (C=O) groups excluding carboxylic acids is 1. The summed E-state index contributed by atoms with van der Waals surface area (Å²) < 4.78 is 5.56. The number of hydrogen-bond acceptors (Lipinski definition) is 3. The Labute approximate surface area is 115 Å². The molecule has 1 amide bonds. The van der Waals surface area contributed by atoms with Gasteiger partial charge in [-0.25, -0.2) is 0 Å². The Kier molecular flexibility index (Phi) is 6.19. The number of nitrogens with two attached hydrogens (primary N) is 1. The summed E-state index contributed by atoms with van der Waals surface area (Å²) in [5.41, 5.74) is 6.98. The standard InChI is InChI=1S/C15H24N2O2/c1-4-6-9-19-14-8-7-12(10-13(14)16)15(18)17-11(3)5-2/h7-8,10-11H,4-6,9,16H2,1-3H3,(H,17,18). The molecule has 106 valence electrons. The van der Waals surface area contributed by atoms with Crippen molar-refractivity contribution >= 4 is 11.6 Å². The first-order chi connectivity index (χ1) is 9.08. The van der Waals surface area contributed by atoms with Gasteiger partial charge in [0.25, 0.3) is 5.91 Å². The molecule has 1 rings (SSSR count). The van der Waals surface area contributed by atoms with Crippen LogP contribution in [0.15, 0.2) is 18.2 Å². The molecule has 0 saturated heterocycles. The fourth-order valence-corrected chi connectivity index (χ4v) is 1.56. The molecule has 0 radical (unpaired) electrons. The average Bonchev–Trinajstić information content (AvgIpc) is 2.40. The molecule has 0 saturated carbocycles. The topological polar surface area (TPSA) is 64.3 Å². The number of amides is 1. The van der Waals surface area contributed by atoms with Crippen LogP contribution in [0.3, 0.4) is 0 Å². The van der Waals surface area contributed by atoms with Crippen molar-refractivity contribution < 1.29 is 9.53 Å². The Morgan fingerprint density at radius 1 is 1.42 bits per heavy atom. The Morgan fingerprint density at radius 3 is 2.74 bits per heavy atom. The van der Waals surface area contributed by atoms with Gasteiger partial charge in [-0.1, -0.05) is 20.3 Å². The van der Waals surface area contributed by atoms with Crippen molar-refractivity contribution in [1.29, 1.82) is 0 Å². The zero-order chi connectivity index (χ0) is 14.3. The quantitative estimate of drug-likeness (QED) is 0.588. The minimum Gasteiger partial charge on any atom is -0.491 e. The highest BCUT2D eigenvalue weighted by molar-refractivity contribution is 5.95. The molecule has 1 unspecified atom stereocenters. The van der Waals surface area contributed by atoms with Crippen LogP contribution >= 0.6 is 0 Å². The van der Waals surface area contributed by atoms with Gasteiger partial charge in [0.05, 0.1) is 12.3 Å². The first-order valence-electron chi connectivity index (χ1n) is 6.91. The van der Waals surface area contributed by atoms with Gasteiger partial charge in [0.15, 0.2) is 0 Å². The zero-order valence-electron chi connectivity index (χ0n) is 12.0. The van der Waals surface area contributed by atoms with Crippen molar-refractivity contribution in [2.45, 2.75) is 46.1 Å². The largest absolute Gasteiger partial charge is 0.491 e. The number of carbonyl (C=O) groups is 1. The fourth-order valence-electron chi connectivity index (χ4n) is 1.56. The zero-order valence-corrected chi connectivity index (χ0v) is 12.0. The molecular weight excluding hydrogens is 240 g/mol. The van der Waals surface area contributed by atoms with Crippen LogP contribution < -0.4 is 15.8 Å². The van der Waals surface area contributed by atoms with E-state index in [0.29, 0.717) is 23.6 Å². The van der Waals surface area contributed by atoms with Crippen molar-refractivity contribution in [3.8, 4) is 5.75 Å². The Morgan fingerprint density at radius 2 is 2.16 bits per heavy atom. The summed E-state index contributed by atoms with van der Waals surface area (Å²) in [5, 5.41) is 2.91. The van der Waals surface area contributed by atoms with Crippen molar-refractivity contribution in [3.63, 3.8) is 0 Å². The van der Waals surface area contributed by atoms with E-state index in [2.05, 4.69) is 12.2 Å². The molecule has 0 spiro atoms. The second-order valence-electron chi connectivity index (χ2n) is 4.74. The van der Waals surface area contributed by atoms with Gasteiger partial charge >= 0.3 is 0 Å². The number of anilines is 1. The van der Waals surface area contributed by atoms with Crippen LogP contribution in [-0.2, 0) is 0 Å². The Hall–Kier alpha value is -1.71. The number of benzene rings is 1.